The van der Waals surface area contributed by atoms with Gasteiger partial charge in [-0.05, 0) is 18.8 Å². The summed E-state index contributed by atoms with van der Waals surface area (Å²) in [7, 11) is 0. The fourth-order valence-corrected chi connectivity index (χ4v) is 3.33. The Labute approximate surface area is 101 Å². The van der Waals surface area contributed by atoms with Gasteiger partial charge in [-0.25, -0.2) is 0 Å². The summed E-state index contributed by atoms with van der Waals surface area (Å²) < 4.78 is 0. The van der Waals surface area contributed by atoms with Gasteiger partial charge in [-0.2, -0.15) is 0 Å². The minimum Gasteiger partial charge on any atom is -0.308 e. The van der Waals surface area contributed by atoms with Gasteiger partial charge in [-0.1, -0.05) is 25.7 Å². The second-order valence-corrected chi connectivity index (χ2v) is 6.25. The normalized spacial score (nSPS) is 21.8. The third kappa shape index (κ3) is 2.80. The van der Waals surface area contributed by atoms with Crippen molar-refractivity contribution >= 4 is 11.3 Å². The van der Waals surface area contributed by atoms with Gasteiger partial charge in [0.05, 0.1) is 0 Å². The molecule has 0 atom stereocenters. The average Bonchev–Trinajstić information content (AvgIpc) is 2.78. The molecule has 0 spiro atoms. The first-order valence-electron chi connectivity index (χ1n) is 6.45. The van der Waals surface area contributed by atoms with Crippen LogP contribution in [-0.4, -0.2) is 16.2 Å². The van der Waals surface area contributed by atoms with Crippen LogP contribution in [0.2, 0.25) is 0 Å². The Morgan fingerprint density at radius 3 is 2.56 bits per heavy atom. The van der Waals surface area contributed by atoms with Gasteiger partial charge in [-0.15, -0.1) is 21.5 Å². The summed E-state index contributed by atoms with van der Waals surface area (Å²) >= 11 is 1.80. The van der Waals surface area contributed by atoms with Crippen molar-refractivity contribution in [3.05, 3.63) is 10.0 Å². The van der Waals surface area contributed by atoms with Crippen LogP contribution >= 0.6 is 11.3 Å². The van der Waals surface area contributed by atoms with E-state index in [1.807, 2.05) is 0 Å². The van der Waals surface area contributed by atoms with Crippen LogP contribution in [0.1, 0.15) is 48.5 Å². The number of rotatable bonds is 5. The largest absolute Gasteiger partial charge is 0.308 e. The van der Waals surface area contributed by atoms with Gasteiger partial charge in [0.2, 0.25) is 0 Å². The lowest BCUT2D eigenvalue weighted by molar-refractivity contribution is 0.542. The lowest BCUT2D eigenvalue weighted by Crippen LogP contribution is -2.14. The molecule has 1 aromatic rings. The van der Waals surface area contributed by atoms with E-state index in [0.29, 0.717) is 0 Å². The zero-order valence-corrected chi connectivity index (χ0v) is 10.4. The van der Waals surface area contributed by atoms with Crippen molar-refractivity contribution in [3.63, 3.8) is 0 Å². The van der Waals surface area contributed by atoms with E-state index in [1.165, 1.54) is 55.0 Å². The van der Waals surface area contributed by atoms with E-state index < -0.39 is 0 Å². The van der Waals surface area contributed by atoms with Gasteiger partial charge in [0, 0.05) is 19.0 Å². The minimum atomic E-state index is 0.766. The maximum atomic E-state index is 4.31. The van der Waals surface area contributed by atoms with Crippen molar-refractivity contribution in [2.24, 2.45) is 5.92 Å². The van der Waals surface area contributed by atoms with Crippen molar-refractivity contribution in [2.75, 3.05) is 0 Å². The zero-order chi connectivity index (χ0) is 10.8. The number of nitrogens with zero attached hydrogens (tertiary/aromatic N) is 2. The lowest BCUT2D eigenvalue weighted by atomic mass is 10.1. The van der Waals surface area contributed by atoms with Crippen molar-refractivity contribution < 1.29 is 0 Å². The Morgan fingerprint density at radius 1 is 1.06 bits per heavy atom. The van der Waals surface area contributed by atoms with Gasteiger partial charge < -0.3 is 5.32 Å². The van der Waals surface area contributed by atoms with Gasteiger partial charge in [0.25, 0.3) is 0 Å². The topological polar surface area (TPSA) is 37.8 Å². The summed E-state index contributed by atoms with van der Waals surface area (Å²) in [5.41, 5.74) is 0. The maximum Gasteiger partial charge on any atom is 0.131 e. The Bertz CT molecular complexity index is 340. The van der Waals surface area contributed by atoms with Crippen LogP contribution in [0.5, 0.6) is 0 Å². The molecule has 3 rings (SSSR count). The highest BCUT2D eigenvalue weighted by molar-refractivity contribution is 7.11. The third-order valence-electron chi connectivity index (χ3n) is 3.57. The monoisotopic (exact) mass is 237 g/mol. The molecule has 1 N–H and O–H groups in total. The SMILES string of the molecule is C1CCC(Cc2nnc(CNC3CC3)s2)C1. The summed E-state index contributed by atoms with van der Waals surface area (Å²) in [6, 6.07) is 0.766. The Balaban J connectivity index is 1.50. The molecule has 2 aliphatic rings. The van der Waals surface area contributed by atoms with E-state index in [9.17, 15) is 0 Å². The molecule has 0 amide bonds. The van der Waals surface area contributed by atoms with Crippen molar-refractivity contribution in [1.29, 1.82) is 0 Å². The fourth-order valence-electron chi connectivity index (χ4n) is 2.42. The first-order valence-corrected chi connectivity index (χ1v) is 7.26. The van der Waals surface area contributed by atoms with Crippen molar-refractivity contribution in [1.82, 2.24) is 15.5 Å². The Morgan fingerprint density at radius 2 is 1.81 bits per heavy atom. The summed E-state index contributed by atoms with van der Waals surface area (Å²) in [4.78, 5) is 0. The highest BCUT2D eigenvalue weighted by Crippen LogP contribution is 2.29. The van der Waals surface area contributed by atoms with Gasteiger partial charge >= 0.3 is 0 Å². The number of hydrogen-bond acceptors (Lipinski definition) is 4. The highest BCUT2D eigenvalue weighted by atomic mass is 32.1. The third-order valence-corrected chi connectivity index (χ3v) is 4.51. The van der Waals surface area contributed by atoms with Crippen LogP contribution < -0.4 is 5.32 Å². The van der Waals surface area contributed by atoms with Crippen LogP contribution in [0.15, 0.2) is 0 Å². The van der Waals surface area contributed by atoms with Gasteiger partial charge in [0.1, 0.15) is 10.0 Å². The first-order chi connectivity index (χ1) is 7.90. The molecule has 2 fully saturated rings. The summed E-state index contributed by atoms with van der Waals surface area (Å²) in [5.74, 6) is 0.886. The number of aromatic nitrogens is 2. The number of nitrogens with one attached hydrogen (secondary N) is 1. The molecule has 88 valence electrons. The quantitative estimate of drug-likeness (QED) is 0.855. The molecule has 2 aliphatic carbocycles. The van der Waals surface area contributed by atoms with E-state index >= 15 is 0 Å². The van der Waals surface area contributed by atoms with Crippen molar-refractivity contribution in [3.8, 4) is 0 Å². The highest BCUT2D eigenvalue weighted by Gasteiger charge is 2.21. The van der Waals surface area contributed by atoms with Gasteiger partial charge in [0.15, 0.2) is 0 Å². The molecule has 0 radical (unpaired) electrons. The van der Waals surface area contributed by atoms with E-state index in [1.54, 1.807) is 11.3 Å². The predicted octanol–water partition coefficient (Wildman–Crippen LogP) is 2.52. The Hall–Kier alpha value is -0.480. The Kier molecular flexibility index (Phi) is 3.20. The summed E-state index contributed by atoms with van der Waals surface area (Å²) in [5, 5.41) is 14.5. The molecule has 16 heavy (non-hydrogen) atoms. The second-order valence-electron chi connectivity index (χ2n) is 5.10. The van der Waals surface area contributed by atoms with E-state index in [4.69, 9.17) is 0 Å². The lowest BCUT2D eigenvalue weighted by Gasteiger charge is -2.03. The molecule has 3 nitrogen and oxygen atoms in total. The van der Waals surface area contributed by atoms with Crippen LogP contribution in [0.3, 0.4) is 0 Å². The molecule has 2 saturated carbocycles. The standard InChI is InChI=1S/C12H19N3S/c1-2-4-9(3-1)7-11-14-15-12(16-11)8-13-10-5-6-10/h9-10,13H,1-8H2. The fraction of sp³-hybridized carbons (Fsp3) is 0.833. The predicted molar refractivity (Wildman–Crippen MR) is 65.4 cm³/mol. The van der Waals surface area contributed by atoms with Gasteiger partial charge in [-0.3, -0.25) is 0 Å². The van der Waals surface area contributed by atoms with E-state index in [-0.39, 0.29) is 0 Å². The molecule has 0 bridgehead atoms. The maximum absolute atomic E-state index is 4.31. The number of hydrogen-bond donors (Lipinski definition) is 1. The van der Waals surface area contributed by atoms with Crippen molar-refractivity contribution in [2.45, 2.75) is 57.5 Å². The molecular formula is C12H19N3S. The van der Waals surface area contributed by atoms with E-state index in [0.717, 1.165) is 18.5 Å². The zero-order valence-electron chi connectivity index (χ0n) is 9.61. The average molecular weight is 237 g/mol. The van der Waals surface area contributed by atoms with Crippen LogP contribution in [-0.2, 0) is 13.0 Å². The van der Waals surface area contributed by atoms with Crippen LogP contribution in [0.25, 0.3) is 0 Å². The second kappa shape index (κ2) is 4.80. The molecule has 1 aromatic heterocycles. The molecule has 0 aliphatic heterocycles. The molecular weight excluding hydrogens is 218 g/mol. The molecule has 0 saturated heterocycles. The first kappa shape index (κ1) is 10.7. The molecule has 4 heteroatoms. The smallest absolute Gasteiger partial charge is 0.131 e. The molecule has 0 aromatic carbocycles. The summed E-state index contributed by atoms with van der Waals surface area (Å²) in [6.45, 7) is 0.924. The molecule has 1 heterocycles. The van der Waals surface area contributed by atoms with Crippen LogP contribution in [0, 0.1) is 5.92 Å². The molecule has 0 unspecified atom stereocenters. The minimum absolute atomic E-state index is 0.766. The van der Waals surface area contributed by atoms with Crippen LogP contribution in [0.4, 0.5) is 0 Å². The van der Waals surface area contributed by atoms with E-state index in [2.05, 4.69) is 15.5 Å². The summed E-state index contributed by atoms with van der Waals surface area (Å²) in [6.07, 6.45) is 9.48.